The summed E-state index contributed by atoms with van der Waals surface area (Å²) in [5, 5.41) is 17.4. The van der Waals surface area contributed by atoms with Crippen LogP contribution in [0, 0.1) is 13.8 Å². The number of nitrogens with one attached hydrogen (secondary N) is 2. The van der Waals surface area contributed by atoms with Crippen molar-refractivity contribution >= 4 is 5.96 Å². The highest BCUT2D eigenvalue weighted by molar-refractivity contribution is 5.79. The van der Waals surface area contributed by atoms with E-state index < -0.39 is 5.60 Å². The molecule has 1 aromatic carbocycles. The van der Waals surface area contributed by atoms with Crippen molar-refractivity contribution in [3.05, 3.63) is 59.0 Å². The molecule has 2 aromatic rings. The zero-order chi connectivity index (χ0) is 21.8. The summed E-state index contributed by atoms with van der Waals surface area (Å²) in [5.74, 6) is 2.24. The second-order valence-corrected chi connectivity index (χ2v) is 7.78. The lowest BCUT2D eigenvalue weighted by molar-refractivity contribution is 0.0657. The number of aryl methyl sites for hydroxylation is 2. The van der Waals surface area contributed by atoms with E-state index in [4.69, 9.17) is 9.15 Å². The van der Waals surface area contributed by atoms with Crippen LogP contribution < -0.4 is 10.6 Å². The van der Waals surface area contributed by atoms with Gasteiger partial charge in [-0.3, -0.25) is 0 Å². The summed E-state index contributed by atoms with van der Waals surface area (Å²) >= 11 is 0. The topological polar surface area (TPSA) is 79.0 Å². The van der Waals surface area contributed by atoms with Crippen LogP contribution in [-0.2, 0) is 16.8 Å². The highest BCUT2D eigenvalue weighted by atomic mass is 16.5. The molecule has 6 nitrogen and oxygen atoms in total. The Kier molecular flexibility index (Phi) is 9.91. The Labute approximate surface area is 180 Å². The van der Waals surface area contributed by atoms with Crippen LogP contribution in [0.2, 0.25) is 0 Å². The minimum absolute atomic E-state index is 0.255. The highest BCUT2D eigenvalue weighted by Crippen LogP contribution is 2.27. The first-order valence-electron chi connectivity index (χ1n) is 10.9. The summed E-state index contributed by atoms with van der Waals surface area (Å²) in [7, 11) is 0. The summed E-state index contributed by atoms with van der Waals surface area (Å²) in [6, 6.07) is 12.3. The van der Waals surface area contributed by atoms with Crippen molar-refractivity contribution in [3.63, 3.8) is 0 Å². The first-order chi connectivity index (χ1) is 14.4. The fourth-order valence-electron chi connectivity index (χ4n) is 3.30. The number of hydrogen-bond acceptors (Lipinski definition) is 4. The smallest absolute Gasteiger partial charge is 0.191 e. The summed E-state index contributed by atoms with van der Waals surface area (Å²) in [5.41, 5.74) is 1.02. The number of aliphatic hydroxyl groups is 1. The summed E-state index contributed by atoms with van der Waals surface area (Å²) in [4.78, 5) is 4.56. The van der Waals surface area contributed by atoms with Crippen LogP contribution >= 0.6 is 0 Å². The predicted octanol–water partition coefficient (Wildman–Crippen LogP) is 3.70. The van der Waals surface area contributed by atoms with E-state index in [0.29, 0.717) is 5.96 Å². The Morgan fingerprint density at radius 3 is 2.57 bits per heavy atom. The van der Waals surface area contributed by atoms with Gasteiger partial charge in [0.05, 0.1) is 13.2 Å². The molecule has 1 unspecified atom stereocenters. The number of ether oxygens (including phenoxy) is 1. The van der Waals surface area contributed by atoms with Gasteiger partial charge < -0.3 is 24.9 Å². The molecule has 166 valence electrons. The molecule has 1 atom stereocenters. The maximum absolute atomic E-state index is 10.8. The van der Waals surface area contributed by atoms with Crippen LogP contribution in [-0.4, -0.2) is 43.9 Å². The molecular weight excluding hydrogens is 378 g/mol. The van der Waals surface area contributed by atoms with Crippen molar-refractivity contribution in [2.24, 2.45) is 4.99 Å². The third kappa shape index (κ3) is 8.20. The molecule has 0 saturated heterocycles. The number of aliphatic imine (C=N–C) groups is 1. The Hall–Kier alpha value is -2.31. The first-order valence-corrected chi connectivity index (χ1v) is 10.9. The average molecular weight is 416 g/mol. The molecule has 0 fully saturated rings. The van der Waals surface area contributed by atoms with Crippen LogP contribution in [0.15, 0.2) is 45.8 Å². The van der Waals surface area contributed by atoms with Gasteiger partial charge in [0, 0.05) is 25.3 Å². The number of unbranched alkanes of at least 4 members (excludes halogenated alkanes) is 1. The zero-order valence-electron chi connectivity index (χ0n) is 18.8. The van der Waals surface area contributed by atoms with Crippen LogP contribution in [0.4, 0.5) is 0 Å². The molecular formula is C24H37N3O3. The number of benzene rings is 1. The molecule has 0 aliphatic heterocycles. The van der Waals surface area contributed by atoms with Crippen molar-refractivity contribution in [2.75, 3.05) is 32.8 Å². The summed E-state index contributed by atoms with van der Waals surface area (Å²) in [6.45, 7) is 10.9. The zero-order valence-corrected chi connectivity index (χ0v) is 18.8. The maximum Gasteiger partial charge on any atom is 0.191 e. The minimum atomic E-state index is -1.07. The third-order valence-corrected chi connectivity index (χ3v) is 4.90. The van der Waals surface area contributed by atoms with Gasteiger partial charge in [-0.1, -0.05) is 30.3 Å². The van der Waals surface area contributed by atoms with E-state index >= 15 is 0 Å². The van der Waals surface area contributed by atoms with E-state index in [0.717, 1.165) is 62.6 Å². The molecule has 2 rings (SSSR count). The van der Waals surface area contributed by atoms with Crippen LogP contribution in [0.3, 0.4) is 0 Å². The van der Waals surface area contributed by atoms with Gasteiger partial charge in [0.15, 0.2) is 5.96 Å². The monoisotopic (exact) mass is 415 g/mol. The first kappa shape index (κ1) is 24.0. The number of guanidine groups is 1. The van der Waals surface area contributed by atoms with Crippen molar-refractivity contribution < 1.29 is 14.3 Å². The predicted molar refractivity (Wildman–Crippen MR) is 122 cm³/mol. The van der Waals surface area contributed by atoms with Gasteiger partial charge in [0.1, 0.15) is 17.1 Å². The Morgan fingerprint density at radius 1 is 1.13 bits per heavy atom. The molecule has 6 heteroatoms. The van der Waals surface area contributed by atoms with Crippen molar-refractivity contribution in [3.8, 4) is 0 Å². The lowest BCUT2D eigenvalue weighted by Crippen LogP contribution is -2.39. The second kappa shape index (κ2) is 12.4. The van der Waals surface area contributed by atoms with Crippen molar-refractivity contribution in [1.82, 2.24) is 10.6 Å². The Bertz CT molecular complexity index is 769. The van der Waals surface area contributed by atoms with Crippen LogP contribution in [0.5, 0.6) is 0 Å². The van der Waals surface area contributed by atoms with Crippen LogP contribution in [0.1, 0.15) is 49.3 Å². The SMILES string of the molecule is CCNC(=NCC(C)(O)c1cc(C)oc1C)NCCCCOCCc1ccccc1. The molecule has 0 bridgehead atoms. The van der Waals surface area contributed by atoms with Crippen LogP contribution in [0.25, 0.3) is 0 Å². The second-order valence-electron chi connectivity index (χ2n) is 7.78. The van der Waals surface area contributed by atoms with E-state index in [1.807, 2.05) is 32.9 Å². The lowest BCUT2D eigenvalue weighted by Gasteiger charge is -2.21. The van der Waals surface area contributed by atoms with E-state index in [1.54, 1.807) is 6.92 Å². The largest absolute Gasteiger partial charge is 0.466 e. The van der Waals surface area contributed by atoms with Gasteiger partial charge in [0.2, 0.25) is 0 Å². The van der Waals surface area contributed by atoms with E-state index in [2.05, 4.69) is 39.9 Å². The van der Waals surface area contributed by atoms with Gasteiger partial charge in [-0.05, 0) is 58.6 Å². The van der Waals surface area contributed by atoms with Crippen molar-refractivity contribution in [1.29, 1.82) is 0 Å². The van der Waals surface area contributed by atoms with Gasteiger partial charge >= 0.3 is 0 Å². The lowest BCUT2D eigenvalue weighted by atomic mass is 9.96. The van der Waals surface area contributed by atoms with Gasteiger partial charge in [-0.15, -0.1) is 0 Å². The van der Waals surface area contributed by atoms with E-state index in [-0.39, 0.29) is 6.54 Å². The third-order valence-electron chi connectivity index (χ3n) is 4.90. The standard InChI is InChI=1S/C24H37N3O3/c1-5-25-23(27-18-24(4,28)22-17-19(2)30-20(22)3)26-14-9-10-15-29-16-13-21-11-7-6-8-12-21/h6-8,11-12,17,28H,5,9-10,13-16,18H2,1-4H3,(H2,25,26,27). The fourth-order valence-corrected chi connectivity index (χ4v) is 3.30. The quantitative estimate of drug-likeness (QED) is 0.280. The summed E-state index contributed by atoms with van der Waals surface area (Å²) < 4.78 is 11.3. The number of furan rings is 1. The van der Waals surface area contributed by atoms with Crippen molar-refractivity contribution in [2.45, 2.75) is 52.6 Å². The molecule has 3 N–H and O–H groups in total. The summed E-state index contributed by atoms with van der Waals surface area (Å²) in [6.07, 6.45) is 2.94. The molecule has 0 spiro atoms. The van der Waals surface area contributed by atoms with E-state index in [9.17, 15) is 5.11 Å². The molecule has 0 radical (unpaired) electrons. The molecule has 0 amide bonds. The van der Waals surface area contributed by atoms with Gasteiger partial charge in [-0.2, -0.15) is 0 Å². The molecule has 0 aliphatic carbocycles. The number of hydrogen-bond donors (Lipinski definition) is 3. The molecule has 0 saturated carbocycles. The minimum Gasteiger partial charge on any atom is -0.466 e. The van der Waals surface area contributed by atoms with Gasteiger partial charge in [0.25, 0.3) is 0 Å². The Morgan fingerprint density at radius 2 is 1.90 bits per heavy atom. The number of rotatable bonds is 12. The van der Waals surface area contributed by atoms with Gasteiger partial charge in [-0.25, -0.2) is 4.99 Å². The number of nitrogens with zero attached hydrogens (tertiary/aromatic N) is 1. The molecule has 1 heterocycles. The molecule has 1 aromatic heterocycles. The fraction of sp³-hybridized carbons (Fsp3) is 0.542. The normalized spacial score (nSPS) is 13.8. The average Bonchev–Trinajstić information content (AvgIpc) is 3.08. The maximum atomic E-state index is 10.8. The molecule has 30 heavy (non-hydrogen) atoms. The highest BCUT2D eigenvalue weighted by Gasteiger charge is 2.27. The molecule has 0 aliphatic rings. The Balaban J connectivity index is 1.67. The van der Waals surface area contributed by atoms with E-state index in [1.165, 1.54) is 5.56 Å².